The number of hydrogen-bond acceptors (Lipinski definition) is 3. The van der Waals surface area contributed by atoms with Crippen LogP contribution in [0.25, 0.3) is 0 Å². The van der Waals surface area contributed by atoms with Crippen LogP contribution in [0.15, 0.2) is 59.7 Å². The summed E-state index contributed by atoms with van der Waals surface area (Å²) in [6, 6.07) is 12.0. The number of ether oxygens (including phenoxy) is 1. The molecular weight excluding hydrogens is 326 g/mol. The molecule has 25 heavy (non-hydrogen) atoms. The van der Waals surface area contributed by atoms with Crippen LogP contribution >= 0.6 is 0 Å². The van der Waals surface area contributed by atoms with Crippen molar-refractivity contribution in [2.24, 2.45) is 0 Å². The molecule has 4 nitrogen and oxygen atoms in total. The van der Waals surface area contributed by atoms with Crippen LogP contribution in [0.3, 0.4) is 0 Å². The van der Waals surface area contributed by atoms with E-state index in [0.717, 1.165) is 5.56 Å². The van der Waals surface area contributed by atoms with Gasteiger partial charge < -0.3 is 4.74 Å². The van der Waals surface area contributed by atoms with Crippen molar-refractivity contribution in [2.75, 3.05) is 0 Å². The van der Waals surface area contributed by atoms with E-state index in [1.54, 1.807) is 31.2 Å². The zero-order valence-corrected chi connectivity index (χ0v) is 13.6. The van der Waals surface area contributed by atoms with Gasteiger partial charge in [-0.1, -0.05) is 24.3 Å². The van der Waals surface area contributed by atoms with E-state index in [4.69, 9.17) is 4.74 Å². The van der Waals surface area contributed by atoms with Gasteiger partial charge in [0, 0.05) is 0 Å². The molecule has 0 atom stereocenters. The Bertz CT molecular complexity index is 937. The van der Waals surface area contributed by atoms with Crippen LogP contribution in [0.4, 0.5) is 8.78 Å². The summed E-state index contributed by atoms with van der Waals surface area (Å²) in [5, 5.41) is 0. The number of benzene rings is 2. The summed E-state index contributed by atoms with van der Waals surface area (Å²) in [7, 11) is 0. The maximum Gasteiger partial charge on any atom is 0.260 e. The van der Waals surface area contributed by atoms with Crippen LogP contribution < -0.4 is 10.3 Å². The highest BCUT2D eigenvalue weighted by atomic mass is 19.1. The van der Waals surface area contributed by atoms with Gasteiger partial charge in [-0.15, -0.1) is 0 Å². The van der Waals surface area contributed by atoms with E-state index in [0.29, 0.717) is 11.1 Å². The predicted octanol–water partition coefficient (Wildman–Crippen LogP) is 3.46. The van der Waals surface area contributed by atoms with Gasteiger partial charge >= 0.3 is 0 Å². The van der Waals surface area contributed by atoms with Gasteiger partial charge in [0.15, 0.2) is 0 Å². The highest BCUT2D eigenvalue weighted by Gasteiger charge is 2.10. The van der Waals surface area contributed by atoms with E-state index >= 15 is 0 Å². The van der Waals surface area contributed by atoms with E-state index in [2.05, 4.69) is 4.98 Å². The first-order chi connectivity index (χ1) is 12.0. The van der Waals surface area contributed by atoms with Gasteiger partial charge in [-0.3, -0.25) is 9.36 Å². The molecule has 0 saturated heterocycles. The zero-order valence-electron chi connectivity index (χ0n) is 13.6. The van der Waals surface area contributed by atoms with Gasteiger partial charge in [-0.05, 0) is 42.3 Å². The van der Waals surface area contributed by atoms with Gasteiger partial charge in [-0.2, -0.15) is 0 Å². The SMILES string of the molecule is Cc1c(OCc2ccc(F)cc2)ncn(Cc2cccc(F)c2)c1=O. The second-order valence-electron chi connectivity index (χ2n) is 5.65. The molecule has 0 spiro atoms. The summed E-state index contributed by atoms with van der Waals surface area (Å²) in [6.45, 7) is 2.03. The Labute approximate surface area is 143 Å². The third-order valence-corrected chi connectivity index (χ3v) is 3.75. The maximum absolute atomic E-state index is 13.3. The molecule has 0 unspecified atom stereocenters. The van der Waals surface area contributed by atoms with Crippen molar-refractivity contribution in [3.63, 3.8) is 0 Å². The Morgan fingerprint density at radius 2 is 1.80 bits per heavy atom. The lowest BCUT2D eigenvalue weighted by Gasteiger charge is -2.11. The number of rotatable bonds is 5. The minimum atomic E-state index is -0.352. The first-order valence-corrected chi connectivity index (χ1v) is 7.70. The largest absolute Gasteiger partial charge is 0.472 e. The molecule has 3 rings (SSSR count). The van der Waals surface area contributed by atoms with E-state index in [1.165, 1.54) is 35.2 Å². The van der Waals surface area contributed by atoms with E-state index in [1.807, 2.05) is 0 Å². The van der Waals surface area contributed by atoms with Gasteiger partial charge in [0.2, 0.25) is 5.88 Å². The minimum absolute atomic E-state index is 0.182. The molecule has 0 fully saturated rings. The van der Waals surface area contributed by atoms with E-state index in [9.17, 15) is 13.6 Å². The van der Waals surface area contributed by atoms with Gasteiger partial charge in [0.1, 0.15) is 24.6 Å². The van der Waals surface area contributed by atoms with Gasteiger partial charge in [-0.25, -0.2) is 13.8 Å². The molecule has 0 radical (unpaired) electrons. The second-order valence-corrected chi connectivity index (χ2v) is 5.65. The molecule has 1 heterocycles. The molecule has 0 saturated carbocycles. The molecule has 0 amide bonds. The summed E-state index contributed by atoms with van der Waals surface area (Å²) in [6.07, 6.45) is 1.38. The van der Waals surface area contributed by atoms with Crippen molar-refractivity contribution in [2.45, 2.75) is 20.1 Å². The topological polar surface area (TPSA) is 44.1 Å². The predicted molar refractivity (Wildman–Crippen MR) is 89.5 cm³/mol. The highest BCUT2D eigenvalue weighted by molar-refractivity contribution is 5.23. The third-order valence-electron chi connectivity index (χ3n) is 3.75. The fourth-order valence-electron chi connectivity index (χ4n) is 2.40. The van der Waals surface area contributed by atoms with Crippen molar-refractivity contribution in [1.82, 2.24) is 9.55 Å². The molecule has 2 aromatic carbocycles. The fourth-order valence-corrected chi connectivity index (χ4v) is 2.40. The Morgan fingerprint density at radius 3 is 2.52 bits per heavy atom. The quantitative estimate of drug-likeness (QED) is 0.713. The van der Waals surface area contributed by atoms with Crippen molar-refractivity contribution >= 4 is 0 Å². The summed E-state index contributed by atoms with van der Waals surface area (Å²) in [5.41, 5.74) is 1.55. The Morgan fingerprint density at radius 1 is 1.04 bits per heavy atom. The Hall–Kier alpha value is -3.02. The Kier molecular flexibility index (Phi) is 4.88. The molecule has 6 heteroatoms. The zero-order chi connectivity index (χ0) is 17.8. The molecule has 1 aromatic heterocycles. The van der Waals surface area contributed by atoms with Crippen LogP contribution in [0.1, 0.15) is 16.7 Å². The van der Waals surface area contributed by atoms with Crippen LogP contribution in [-0.4, -0.2) is 9.55 Å². The number of nitrogens with zero attached hydrogens (tertiary/aromatic N) is 2. The lowest BCUT2D eigenvalue weighted by Crippen LogP contribution is -2.24. The first kappa shape index (κ1) is 16.8. The fraction of sp³-hybridized carbons (Fsp3) is 0.158. The monoisotopic (exact) mass is 342 g/mol. The molecule has 128 valence electrons. The number of halogens is 2. The third kappa shape index (κ3) is 4.09. The van der Waals surface area contributed by atoms with Crippen molar-refractivity contribution in [3.05, 3.63) is 93.5 Å². The number of hydrogen-bond donors (Lipinski definition) is 0. The van der Waals surface area contributed by atoms with Crippen molar-refractivity contribution in [1.29, 1.82) is 0 Å². The van der Waals surface area contributed by atoms with Gasteiger partial charge in [0.05, 0.1) is 12.1 Å². The average Bonchev–Trinajstić information content (AvgIpc) is 2.60. The summed E-state index contributed by atoms with van der Waals surface area (Å²) < 4.78 is 33.1. The van der Waals surface area contributed by atoms with Crippen LogP contribution in [0, 0.1) is 18.6 Å². The van der Waals surface area contributed by atoms with Crippen molar-refractivity contribution < 1.29 is 13.5 Å². The first-order valence-electron chi connectivity index (χ1n) is 7.70. The minimum Gasteiger partial charge on any atom is -0.472 e. The molecule has 0 bridgehead atoms. The molecule has 0 aliphatic heterocycles. The summed E-state index contributed by atoms with van der Waals surface area (Å²) in [4.78, 5) is 16.6. The highest BCUT2D eigenvalue weighted by Crippen LogP contribution is 2.13. The molecule has 0 aliphatic carbocycles. The van der Waals surface area contributed by atoms with Crippen LogP contribution in [0.5, 0.6) is 5.88 Å². The maximum atomic E-state index is 13.3. The smallest absolute Gasteiger partial charge is 0.260 e. The van der Waals surface area contributed by atoms with Crippen molar-refractivity contribution in [3.8, 4) is 5.88 Å². The van der Waals surface area contributed by atoms with E-state index in [-0.39, 0.29) is 36.2 Å². The van der Waals surface area contributed by atoms with Gasteiger partial charge in [0.25, 0.3) is 5.56 Å². The lowest BCUT2D eigenvalue weighted by molar-refractivity contribution is 0.289. The molecule has 0 N–H and O–H groups in total. The van der Waals surface area contributed by atoms with Crippen LogP contribution in [0.2, 0.25) is 0 Å². The summed E-state index contributed by atoms with van der Waals surface area (Å²) >= 11 is 0. The molecule has 0 aliphatic rings. The normalized spacial score (nSPS) is 10.7. The Balaban J connectivity index is 1.75. The average molecular weight is 342 g/mol. The molecule has 3 aromatic rings. The summed E-state index contributed by atoms with van der Waals surface area (Å²) in [5.74, 6) is -0.447. The second kappa shape index (κ2) is 7.25. The standard InChI is InChI=1S/C19H16F2N2O2/c1-13-18(25-11-14-5-7-16(20)8-6-14)22-12-23(19(13)24)10-15-3-2-4-17(21)9-15/h2-9,12H,10-11H2,1H3. The lowest BCUT2D eigenvalue weighted by atomic mass is 10.2. The number of aromatic nitrogens is 2. The van der Waals surface area contributed by atoms with Crippen LogP contribution in [-0.2, 0) is 13.2 Å². The van der Waals surface area contributed by atoms with E-state index < -0.39 is 0 Å². The molecular formula is C19H16F2N2O2.